The molecule has 1 aromatic heterocycles. The molecule has 0 fully saturated rings. The number of unbranched alkanes of at least 4 members (excludes halogenated alkanes) is 9. The van der Waals surface area contributed by atoms with Crippen LogP contribution in [0.2, 0.25) is 0 Å². The Morgan fingerprint density at radius 2 is 1.25 bits per heavy atom. The average Bonchev–Trinajstić information content (AvgIpc) is 3.47. The van der Waals surface area contributed by atoms with Gasteiger partial charge < -0.3 is 39.8 Å². The van der Waals surface area contributed by atoms with Crippen LogP contribution in [-0.2, 0) is 45.5 Å². The predicted octanol–water partition coefficient (Wildman–Crippen LogP) is 8.51. The van der Waals surface area contributed by atoms with Gasteiger partial charge in [-0.25, -0.2) is 4.57 Å². The molecule has 338 valence electrons. The van der Waals surface area contributed by atoms with Crippen molar-refractivity contribution in [2.75, 3.05) is 26.4 Å². The van der Waals surface area contributed by atoms with Crippen molar-refractivity contribution in [3.8, 4) is 0 Å². The first-order valence-corrected chi connectivity index (χ1v) is 23.3. The van der Waals surface area contributed by atoms with E-state index in [2.05, 4.69) is 27.7 Å². The van der Waals surface area contributed by atoms with Gasteiger partial charge in [-0.2, -0.15) is 0 Å². The molecule has 0 amide bonds. The minimum atomic E-state index is -4.48. The summed E-state index contributed by atoms with van der Waals surface area (Å²) in [5.74, 6) is 1.02. The Labute approximate surface area is 353 Å². The highest BCUT2D eigenvalue weighted by atomic mass is 31.2. The zero-order valence-electron chi connectivity index (χ0n) is 36.3. The molecular weight excluding hydrogens is 777 g/mol. The number of aryl methyl sites for hydroxylation is 2. The van der Waals surface area contributed by atoms with Gasteiger partial charge in [-0.05, 0) is 63.5 Å². The number of phosphoric ester groups is 1. The fourth-order valence-corrected chi connectivity index (χ4v) is 6.84. The molecule has 0 spiro atoms. The molecule has 1 aromatic rings. The Hall–Kier alpha value is -2.87. The van der Waals surface area contributed by atoms with Gasteiger partial charge in [-0.15, -0.1) is 0 Å². The molecule has 0 aromatic carbocycles. The van der Waals surface area contributed by atoms with E-state index in [1.54, 1.807) is 42.5 Å². The summed E-state index contributed by atoms with van der Waals surface area (Å²) in [5.41, 5.74) is 7.88. The van der Waals surface area contributed by atoms with Crippen LogP contribution in [0.5, 0.6) is 0 Å². The van der Waals surface area contributed by atoms with E-state index in [0.717, 1.165) is 88.6 Å². The number of esters is 2. The van der Waals surface area contributed by atoms with E-state index in [4.69, 9.17) is 28.7 Å². The van der Waals surface area contributed by atoms with Crippen molar-refractivity contribution in [1.82, 2.24) is 0 Å². The zero-order valence-corrected chi connectivity index (χ0v) is 37.2. The van der Waals surface area contributed by atoms with Gasteiger partial charge in [-0.1, -0.05) is 120 Å². The smallest absolute Gasteiger partial charge is 0.466 e. The largest absolute Gasteiger partial charge is 0.472 e. The van der Waals surface area contributed by atoms with Crippen molar-refractivity contribution >= 4 is 19.8 Å². The Balaban J connectivity index is 2.44. The number of carbonyl (C=O) groups is 2. The Bertz CT molecular complexity index is 1440. The first-order chi connectivity index (χ1) is 28.3. The van der Waals surface area contributed by atoms with Crippen LogP contribution in [0.3, 0.4) is 0 Å². The lowest BCUT2D eigenvalue weighted by Gasteiger charge is -2.20. The van der Waals surface area contributed by atoms with Crippen LogP contribution in [-0.4, -0.2) is 82.9 Å². The molecule has 1 rings (SSSR count). The highest BCUT2D eigenvalue weighted by Gasteiger charge is 2.26. The molecule has 0 bridgehead atoms. The number of furan rings is 1. The maximum atomic E-state index is 12.7. The lowest BCUT2D eigenvalue weighted by atomic mass is 10.0. The molecule has 59 heavy (non-hydrogen) atoms. The molecule has 0 saturated carbocycles. The maximum absolute atomic E-state index is 12.7. The van der Waals surface area contributed by atoms with Gasteiger partial charge in [0, 0.05) is 32.2 Å². The monoisotopic (exact) mass is 854 g/mol. The second-order valence-electron chi connectivity index (χ2n) is 15.0. The third kappa shape index (κ3) is 27.6. The molecule has 13 nitrogen and oxygen atoms in total. The van der Waals surface area contributed by atoms with Crippen molar-refractivity contribution in [2.24, 2.45) is 5.73 Å². The molecular formula is C45H76NO12P. The molecule has 0 saturated heterocycles. The summed E-state index contributed by atoms with van der Waals surface area (Å²) in [4.78, 5) is 35.1. The number of ether oxygens (including phenoxy) is 2. The molecule has 0 radical (unpaired) electrons. The lowest BCUT2D eigenvalue weighted by Crippen LogP contribution is -2.30. The summed E-state index contributed by atoms with van der Waals surface area (Å²) in [6.07, 6.45) is 25.0. The number of phosphoric acid groups is 1. The molecule has 0 aliphatic heterocycles. The Kier molecular flexibility index (Phi) is 31.0. The van der Waals surface area contributed by atoms with Crippen LogP contribution in [0, 0.1) is 13.8 Å². The van der Waals surface area contributed by atoms with Crippen LogP contribution in [0.4, 0.5) is 0 Å². The molecule has 1 unspecified atom stereocenters. The van der Waals surface area contributed by atoms with E-state index in [1.165, 1.54) is 30.0 Å². The number of carbonyl (C=O) groups excluding carboxylic acids is 2. The summed E-state index contributed by atoms with van der Waals surface area (Å²) in [7, 11) is -4.48. The number of aliphatic hydroxyl groups is 3. The van der Waals surface area contributed by atoms with Crippen LogP contribution >= 0.6 is 7.82 Å². The summed E-state index contributed by atoms with van der Waals surface area (Å²) < 4.78 is 38.8. The normalized spacial score (nSPS) is 15.3. The standard InChI is InChI=1S/C45H76NO12P/c1-5-7-17-24-38(47)25-19-13-9-10-14-20-26-40(48)41(49)27-23-31-44(50)54-34-39(35-56-59(52,53)55-33-32-46)57-45(51)30-22-16-12-11-15-21-29-43-37(4)36(3)42(58-43)28-18-8-6-2/h9-10,13-14,19-20,25-26,38-41,47-49H,5-8,11-12,15-18,21-24,27-35,46H2,1-4H3,(H,52,53)/b13-9-,14-10+,25-19+,26-20+/t38-,39-,40-,41-/m1/s1. The third-order valence-corrected chi connectivity index (χ3v) is 10.8. The molecule has 6 N–H and O–H groups in total. The third-order valence-electron chi connectivity index (χ3n) is 9.79. The van der Waals surface area contributed by atoms with Gasteiger partial charge in [-0.3, -0.25) is 18.6 Å². The SMILES string of the molecule is CCCCCc1oc(CCCCCCCCC(=O)O[C@H](COC(=O)CCC[C@@H](O)[C@H](O)/C=C/C=C/C=C\C=C\[C@H](O)CCCCC)COP(=O)(O)OCCN)c(C)c1C. The Morgan fingerprint density at radius 1 is 0.695 bits per heavy atom. The first-order valence-electron chi connectivity index (χ1n) is 21.8. The number of rotatable bonds is 36. The lowest BCUT2D eigenvalue weighted by molar-refractivity contribution is -0.161. The van der Waals surface area contributed by atoms with Crippen LogP contribution < -0.4 is 5.73 Å². The van der Waals surface area contributed by atoms with Crippen LogP contribution in [0.15, 0.2) is 53.0 Å². The predicted molar refractivity (Wildman–Crippen MR) is 232 cm³/mol. The quantitative estimate of drug-likeness (QED) is 0.0186. The van der Waals surface area contributed by atoms with Gasteiger partial charge in [0.05, 0.1) is 31.5 Å². The molecule has 5 atom stereocenters. The molecule has 0 aliphatic carbocycles. The van der Waals surface area contributed by atoms with Crippen molar-refractivity contribution in [2.45, 2.75) is 174 Å². The van der Waals surface area contributed by atoms with Crippen molar-refractivity contribution in [3.05, 3.63) is 71.3 Å². The number of hydrogen-bond acceptors (Lipinski definition) is 12. The molecule has 0 aliphatic rings. The van der Waals surface area contributed by atoms with Gasteiger partial charge in [0.25, 0.3) is 0 Å². The second kappa shape index (κ2) is 33.8. The highest BCUT2D eigenvalue weighted by molar-refractivity contribution is 7.47. The van der Waals surface area contributed by atoms with Gasteiger partial charge in [0.2, 0.25) is 0 Å². The van der Waals surface area contributed by atoms with E-state index in [1.807, 2.05) is 0 Å². The average molecular weight is 854 g/mol. The topological polar surface area (TPSA) is 208 Å². The number of hydrogen-bond donors (Lipinski definition) is 5. The summed E-state index contributed by atoms with van der Waals surface area (Å²) >= 11 is 0. The van der Waals surface area contributed by atoms with E-state index in [0.29, 0.717) is 6.42 Å². The van der Waals surface area contributed by atoms with Crippen molar-refractivity contribution < 1.29 is 57.3 Å². The van der Waals surface area contributed by atoms with E-state index < -0.39 is 57.4 Å². The van der Waals surface area contributed by atoms with E-state index >= 15 is 0 Å². The maximum Gasteiger partial charge on any atom is 0.472 e. The van der Waals surface area contributed by atoms with Crippen LogP contribution in [0.1, 0.15) is 146 Å². The second-order valence-corrected chi connectivity index (χ2v) is 16.5. The van der Waals surface area contributed by atoms with E-state index in [9.17, 15) is 34.4 Å². The Morgan fingerprint density at radius 3 is 1.90 bits per heavy atom. The van der Waals surface area contributed by atoms with Crippen LogP contribution in [0.25, 0.3) is 0 Å². The summed E-state index contributed by atoms with van der Waals surface area (Å²) in [6, 6.07) is 0. The summed E-state index contributed by atoms with van der Waals surface area (Å²) in [6.45, 7) is 7.42. The number of allylic oxidation sites excluding steroid dienone is 6. The highest BCUT2D eigenvalue weighted by Crippen LogP contribution is 2.43. The molecule has 14 heteroatoms. The van der Waals surface area contributed by atoms with Gasteiger partial charge in [0.1, 0.15) is 18.1 Å². The van der Waals surface area contributed by atoms with Crippen molar-refractivity contribution in [3.63, 3.8) is 0 Å². The summed E-state index contributed by atoms with van der Waals surface area (Å²) in [5, 5.41) is 30.5. The minimum absolute atomic E-state index is 0.00554. The number of aliphatic hydroxyl groups excluding tert-OH is 3. The van der Waals surface area contributed by atoms with E-state index in [-0.39, 0.29) is 38.8 Å². The molecule has 1 heterocycles. The fraction of sp³-hybridized carbons (Fsp3) is 0.689. The van der Waals surface area contributed by atoms with Crippen molar-refractivity contribution in [1.29, 1.82) is 0 Å². The first kappa shape index (κ1) is 54.1. The van der Waals surface area contributed by atoms with Gasteiger partial charge in [0.15, 0.2) is 6.10 Å². The zero-order chi connectivity index (χ0) is 43.7. The minimum Gasteiger partial charge on any atom is -0.466 e. The fourth-order valence-electron chi connectivity index (χ4n) is 6.08. The number of nitrogens with two attached hydrogens (primary N) is 1. The van der Waals surface area contributed by atoms with Gasteiger partial charge >= 0.3 is 19.8 Å².